The van der Waals surface area contributed by atoms with Crippen LogP contribution in [0.4, 0.5) is 5.69 Å². The number of halogens is 1. The highest BCUT2D eigenvalue weighted by Crippen LogP contribution is 2.21. The van der Waals surface area contributed by atoms with Gasteiger partial charge in [-0.05, 0) is 56.2 Å². The summed E-state index contributed by atoms with van der Waals surface area (Å²) < 4.78 is 3.35. The Morgan fingerprint density at radius 3 is 2.44 bits per heavy atom. The van der Waals surface area contributed by atoms with E-state index in [9.17, 15) is 0 Å². The molecule has 0 atom stereocenters. The molecule has 1 N–H and O–H groups in total. The fourth-order valence-electron chi connectivity index (χ4n) is 2.13. The van der Waals surface area contributed by atoms with Crippen LogP contribution in [0.25, 0.3) is 0 Å². The zero-order valence-electron chi connectivity index (χ0n) is 11.3. The Balaban J connectivity index is 2.14. The molecule has 0 aliphatic carbocycles. The van der Waals surface area contributed by atoms with E-state index in [2.05, 4.69) is 77.9 Å². The molecule has 2 nitrogen and oxygen atoms in total. The van der Waals surface area contributed by atoms with Crippen molar-refractivity contribution < 1.29 is 0 Å². The predicted octanol–water partition coefficient (Wildman–Crippen LogP) is 4.32. The fourth-order valence-corrected chi connectivity index (χ4v) is 2.60. The zero-order chi connectivity index (χ0) is 13.3. The monoisotopic (exact) mass is 306 g/mol. The smallest absolute Gasteiger partial charge is 0.0418 e. The van der Waals surface area contributed by atoms with Crippen LogP contribution in [0.3, 0.4) is 0 Å². The summed E-state index contributed by atoms with van der Waals surface area (Å²) in [5.41, 5.74) is 6.44. The molecule has 0 amide bonds. The Morgan fingerprint density at radius 2 is 1.89 bits per heavy atom. The Labute approximate surface area is 117 Å². The molecule has 0 saturated heterocycles. The van der Waals surface area contributed by atoms with Crippen molar-refractivity contribution in [2.45, 2.75) is 27.3 Å². The summed E-state index contributed by atoms with van der Waals surface area (Å²) in [6, 6.07) is 8.56. The van der Waals surface area contributed by atoms with Gasteiger partial charge in [-0.3, -0.25) is 0 Å². The number of benzene rings is 1. The van der Waals surface area contributed by atoms with Gasteiger partial charge < -0.3 is 9.88 Å². The molecule has 0 spiro atoms. The molecule has 3 heteroatoms. The number of rotatable bonds is 3. The minimum absolute atomic E-state index is 0.871. The summed E-state index contributed by atoms with van der Waals surface area (Å²) in [6.45, 7) is 7.30. The number of aryl methyl sites for hydroxylation is 2. The third-order valence-electron chi connectivity index (χ3n) is 3.54. The molecule has 18 heavy (non-hydrogen) atoms. The van der Waals surface area contributed by atoms with Crippen molar-refractivity contribution in [2.75, 3.05) is 5.32 Å². The summed E-state index contributed by atoms with van der Waals surface area (Å²) in [5, 5.41) is 3.50. The zero-order valence-corrected chi connectivity index (χ0v) is 12.9. The first kappa shape index (κ1) is 13.2. The van der Waals surface area contributed by atoms with Gasteiger partial charge in [-0.2, -0.15) is 0 Å². The van der Waals surface area contributed by atoms with E-state index in [1.54, 1.807) is 0 Å². The average Bonchev–Trinajstić information content (AvgIpc) is 2.56. The van der Waals surface area contributed by atoms with Crippen LogP contribution in [0.15, 0.2) is 28.7 Å². The van der Waals surface area contributed by atoms with Crippen LogP contribution in [0.5, 0.6) is 0 Å². The Morgan fingerprint density at radius 1 is 1.17 bits per heavy atom. The maximum Gasteiger partial charge on any atom is 0.0418 e. The van der Waals surface area contributed by atoms with Gasteiger partial charge >= 0.3 is 0 Å². The van der Waals surface area contributed by atoms with Crippen LogP contribution in [0.2, 0.25) is 0 Å². The topological polar surface area (TPSA) is 17.0 Å². The first-order valence-corrected chi connectivity index (χ1v) is 6.90. The molecule has 0 aliphatic heterocycles. The lowest BCUT2D eigenvalue weighted by Crippen LogP contribution is -2.02. The minimum Gasteiger partial charge on any atom is -0.381 e. The van der Waals surface area contributed by atoms with Gasteiger partial charge in [0, 0.05) is 35.1 Å². The van der Waals surface area contributed by atoms with E-state index in [1.165, 1.54) is 28.2 Å². The molecule has 0 radical (unpaired) electrons. The second kappa shape index (κ2) is 5.19. The first-order valence-electron chi connectivity index (χ1n) is 6.11. The summed E-state index contributed by atoms with van der Waals surface area (Å²) >= 11 is 3.49. The van der Waals surface area contributed by atoms with Gasteiger partial charge in [-0.25, -0.2) is 0 Å². The molecule has 0 aliphatic rings. The van der Waals surface area contributed by atoms with Crippen LogP contribution < -0.4 is 5.32 Å². The van der Waals surface area contributed by atoms with Gasteiger partial charge in [0.1, 0.15) is 0 Å². The number of anilines is 1. The van der Waals surface area contributed by atoms with Crippen molar-refractivity contribution in [3.05, 3.63) is 51.3 Å². The van der Waals surface area contributed by atoms with E-state index < -0.39 is 0 Å². The van der Waals surface area contributed by atoms with Crippen LogP contribution in [-0.4, -0.2) is 4.57 Å². The Kier molecular flexibility index (Phi) is 3.81. The molecule has 96 valence electrons. The van der Waals surface area contributed by atoms with Crippen molar-refractivity contribution in [2.24, 2.45) is 7.05 Å². The van der Waals surface area contributed by atoms with Crippen LogP contribution >= 0.6 is 15.9 Å². The van der Waals surface area contributed by atoms with Crippen LogP contribution in [-0.2, 0) is 13.6 Å². The van der Waals surface area contributed by atoms with Crippen molar-refractivity contribution >= 4 is 21.6 Å². The van der Waals surface area contributed by atoms with E-state index in [1.807, 2.05) is 0 Å². The number of nitrogens with one attached hydrogen (secondary N) is 1. The average molecular weight is 307 g/mol. The molecule has 0 unspecified atom stereocenters. The normalized spacial score (nSPS) is 10.7. The van der Waals surface area contributed by atoms with Gasteiger partial charge in [0.25, 0.3) is 0 Å². The maximum absolute atomic E-state index is 3.50. The van der Waals surface area contributed by atoms with Gasteiger partial charge in [0.15, 0.2) is 0 Å². The number of hydrogen-bond acceptors (Lipinski definition) is 1. The molecule has 2 aromatic rings. The molecule has 0 bridgehead atoms. The van der Waals surface area contributed by atoms with Crippen LogP contribution in [0, 0.1) is 20.8 Å². The third kappa shape index (κ3) is 2.61. The summed E-state index contributed by atoms with van der Waals surface area (Å²) in [6.07, 6.45) is 0. The standard InChI is InChI=1S/C15H19BrN2/c1-10-7-14(16)5-6-15(10)17-9-13-8-11(2)18(4)12(13)3/h5-8,17H,9H2,1-4H3. The highest BCUT2D eigenvalue weighted by molar-refractivity contribution is 9.10. The lowest BCUT2D eigenvalue weighted by Gasteiger charge is -2.10. The summed E-state index contributed by atoms with van der Waals surface area (Å²) in [5.74, 6) is 0. The van der Waals surface area contributed by atoms with Gasteiger partial charge in [-0.1, -0.05) is 15.9 Å². The van der Waals surface area contributed by atoms with E-state index in [-0.39, 0.29) is 0 Å². The lowest BCUT2D eigenvalue weighted by atomic mass is 10.2. The SMILES string of the molecule is Cc1cc(Br)ccc1NCc1cc(C)n(C)c1C. The van der Waals surface area contributed by atoms with Gasteiger partial charge in [0.2, 0.25) is 0 Å². The quantitative estimate of drug-likeness (QED) is 0.893. The highest BCUT2D eigenvalue weighted by atomic mass is 79.9. The van der Waals surface area contributed by atoms with Crippen LogP contribution in [0.1, 0.15) is 22.5 Å². The second-order valence-corrected chi connectivity index (χ2v) is 5.68. The van der Waals surface area contributed by atoms with Crippen molar-refractivity contribution in [1.82, 2.24) is 4.57 Å². The molecular formula is C15H19BrN2. The Hall–Kier alpha value is -1.22. The van der Waals surface area contributed by atoms with E-state index in [0.717, 1.165) is 11.0 Å². The molecule has 1 aromatic carbocycles. The molecule has 1 aromatic heterocycles. The number of nitrogens with zero attached hydrogens (tertiary/aromatic N) is 1. The van der Waals surface area contributed by atoms with Gasteiger partial charge in [0.05, 0.1) is 0 Å². The maximum atomic E-state index is 3.50. The number of aromatic nitrogens is 1. The van der Waals surface area contributed by atoms with E-state index >= 15 is 0 Å². The summed E-state index contributed by atoms with van der Waals surface area (Å²) in [4.78, 5) is 0. The van der Waals surface area contributed by atoms with E-state index in [4.69, 9.17) is 0 Å². The fraction of sp³-hybridized carbons (Fsp3) is 0.333. The second-order valence-electron chi connectivity index (χ2n) is 4.77. The number of hydrogen-bond donors (Lipinski definition) is 1. The van der Waals surface area contributed by atoms with Crippen molar-refractivity contribution in [1.29, 1.82) is 0 Å². The third-order valence-corrected chi connectivity index (χ3v) is 4.03. The first-order chi connectivity index (χ1) is 8.49. The minimum atomic E-state index is 0.871. The molecule has 2 rings (SSSR count). The Bertz CT molecular complexity index is 570. The van der Waals surface area contributed by atoms with E-state index in [0.29, 0.717) is 0 Å². The molecule has 0 saturated carbocycles. The molecule has 0 fully saturated rings. The van der Waals surface area contributed by atoms with Gasteiger partial charge in [-0.15, -0.1) is 0 Å². The molecule has 1 heterocycles. The van der Waals surface area contributed by atoms with Crippen molar-refractivity contribution in [3.8, 4) is 0 Å². The van der Waals surface area contributed by atoms with Crippen molar-refractivity contribution in [3.63, 3.8) is 0 Å². The molecular weight excluding hydrogens is 288 g/mol. The highest BCUT2D eigenvalue weighted by Gasteiger charge is 2.06. The predicted molar refractivity (Wildman–Crippen MR) is 81.1 cm³/mol. The summed E-state index contributed by atoms with van der Waals surface area (Å²) in [7, 11) is 2.11. The lowest BCUT2D eigenvalue weighted by molar-refractivity contribution is 0.837. The largest absolute Gasteiger partial charge is 0.381 e.